The molecule has 0 unspecified atom stereocenters. The molecule has 4 aromatic rings. The fraction of sp³-hybridized carbons (Fsp3) is 0.120. The maximum atomic E-state index is 12.5. The first-order chi connectivity index (χ1) is 15.2. The van der Waals surface area contributed by atoms with E-state index in [0.717, 1.165) is 22.6 Å². The molecule has 1 aromatic heterocycles. The van der Waals surface area contributed by atoms with Crippen LogP contribution in [0.25, 0.3) is 0 Å². The van der Waals surface area contributed by atoms with Crippen LogP contribution >= 0.6 is 0 Å². The van der Waals surface area contributed by atoms with Crippen LogP contribution in [-0.4, -0.2) is 22.8 Å². The molecule has 0 saturated heterocycles. The van der Waals surface area contributed by atoms with E-state index in [9.17, 15) is 4.79 Å². The van der Waals surface area contributed by atoms with Crippen molar-refractivity contribution in [2.75, 3.05) is 12.4 Å². The van der Waals surface area contributed by atoms with Crippen molar-refractivity contribution in [1.29, 1.82) is 0 Å². The van der Waals surface area contributed by atoms with Gasteiger partial charge in [0.2, 0.25) is 0 Å². The van der Waals surface area contributed by atoms with Gasteiger partial charge in [0.15, 0.2) is 0 Å². The standard InChI is InChI=1S/C25H23N3O3/c1-30-23-11-13-24(14-12-23)31-18-20-7-9-21(10-8-20)25(29)27-22-15-26-28(17-22)16-19-5-3-2-4-6-19/h2-15,17H,16,18H2,1H3,(H,27,29). The summed E-state index contributed by atoms with van der Waals surface area (Å²) in [6, 6.07) is 24.8. The van der Waals surface area contributed by atoms with Crippen molar-refractivity contribution in [3.05, 3.63) is 108 Å². The number of amides is 1. The summed E-state index contributed by atoms with van der Waals surface area (Å²) in [6.07, 6.45) is 3.47. The monoisotopic (exact) mass is 413 g/mol. The van der Waals surface area contributed by atoms with E-state index < -0.39 is 0 Å². The van der Waals surface area contributed by atoms with Crippen LogP contribution in [0.1, 0.15) is 21.5 Å². The Labute approximate surface area is 181 Å². The van der Waals surface area contributed by atoms with E-state index in [0.29, 0.717) is 24.4 Å². The predicted molar refractivity (Wildman–Crippen MR) is 119 cm³/mol. The lowest BCUT2D eigenvalue weighted by Gasteiger charge is -2.08. The third-order valence-electron chi connectivity index (χ3n) is 4.76. The van der Waals surface area contributed by atoms with Crippen LogP contribution in [0.4, 0.5) is 5.69 Å². The number of nitrogens with one attached hydrogen (secondary N) is 1. The van der Waals surface area contributed by atoms with Crippen molar-refractivity contribution in [3.8, 4) is 11.5 Å². The van der Waals surface area contributed by atoms with E-state index in [1.807, 2.05) is 72.9 Å². The second-order valence-electron chi connectivity index (χ2n) is 7.03. The fourth-order valence-electron chi connectivity index (χ4n) is 3.08. The SMILES string of the molecule is COc1ccc(OCc2ccc(C(=O)Nc3cnn(Cc4ccccc4)c3)cc2)cc1. The number of carbonyl (C=O) groups is 1. The summed E-state index contributed by atoms with van der Waals surface area (Å²) in [6.45, 7) is 1.07. The van der Waals surface area contributed by atoms with E-state index in [1.54, 1.807) is 30.1 Å². The third-order valence-corrected chi connectivity index (χ3v) is 4.76. The van der Waals surface area contributed by atoms with Gasteiger partial charge in [0.25, 0.3) is 5.91 Å². The zero-order valence-corrected chi connectivity index (χ0v) is 17.2. The first-order valence-corrected chi connectivity index (χ1v) is 9.93. The van der Waals surface area contributed by atoms with Gasteiger partial charge in [-0.15, -0.1) is 0 Å². The summed E-state index contributed by atoms with van der Waals surface area (Å²) < 4.78 is 12.7. The van der Waals surface area contributed by atoms with Crippen molar-refractivity contribution < 1.29 is 14.3 Å². The minimum Gasteiger partial charge on any atom is -0.497 e. The van der Waals surface area contributed by atoms with Gasteiger partial charge in [-0.2, -0.15) is 5.10 Å². The summed E-state index contributed by atoms with van der Waals surface area (Å²) >= 11 is 0. The predicted octanol–water partition coefficient (Wildman–Crippen LogP) is 4.77. The molecule has 0 aliphatic heterocycles. The van der Waals surface area contributed by atoms with E-state index in [1.165, 1.54) is 0 Å². The molecule has 6 nitrogen and oxygen atoms in total. The molecule has 0 spiro atoms. The van der Waals surface area contributed by atoms with Crippen molar-refractivity contribution >= 4 is 11.6 Å². The van der Waals surface area contributed by atoms with Crippen molar-refractivity contribution in [2.24, 2.45) is 0 Å². The summed E-state index contributed by atoms with van der Waals surface area (Å²) in [4.78, 5) is 12.5. The Morgan fingerprint density at radius 1 is 0.903 bits per heavy atom. The fourth-order valence-corrected chi connectivity index (χ4v) is 3.08. The van der Waals surface area contributed by atoms with Crippen LogP contribution in [0.15, 0.2) is 91.3 Å². The molecule has 0 saturated carbocycles. The van der Waals surface area contributed by atoms with Crippen LogP contribution in [0, 0.1) is 0 Å². The number of methoxy groups -OCH3 is 1. The number of benzene rings is 3. The molecule has 0 fully saturated rings. The van der Waals surface area contributed by atoms with E-state index in [2.05, 4.69) is 10.4 Å². The number of aromatic nitrogens is 2. The van der Waals surface area contributed by atoms with Crippen molar-refractivity contribution in [2.45, 2.75) is 13.2 Å². The quantitative estimate of drug-likeness (QED) is 0.452. The maximum absolute atomic E-state index is 12.5. The van der Waals surface area contributed by atoms with Crippen molar-refractivity contribution in [3.63, 3.8) is 0 Å². The van der Waals surface area contributed by atoms with Crippen molar-refractivity contribution in [1.82, 2.24) is 9.78 Å². The number of rotatable bonds is 8. The Hall–Kier alpha value is -4.06. The molecule has 3 aromatic carbocycles. The lowest BCUT2D eigenvalue weighted by Crippen LogP contribution is -2.11. The summed E-state index contributed by atoms with van der Waals surface area (Å²) in [7, 11) is 1.63. The van der Waals surface area contributed by atoms with Gasteiger partial charge in [0, 0.05) is 11.8 Å². The molecule has 0 aliphatic rings. The second-order valence-corrected chi connectivity index (χ2v) is 7.03. The molecule has 0 bridgehead atoms. The van der Waals surface area contributed by atoms with Gasteiger partial charge in [-0.1, -0.05) is 42.5 Å². The van der Waals surface area contributed by atoms with Gasteiger partial charge in [-0.3, -0.25) is 9.48 Å². The Balaban J connectivity index is 1.31. The number of carbonyl (C=O) groups excluding carboxylic acids is 1. The molecule has 1 amide bonds. The maximum Gasteiger partial charge on any atom is 0.255 e. The molecule has 1 heterocycles. The van der Waals surface area contributed by atoms with Crippen LogP contribution in [0.2, 0.25) is 0 Å². The minimum absolute atomic E-state index is 0.179. The van der Waals surface area contributed by atoms with E-state index in [-0.39, 0.29) is 5.91 Å². The Morgan fingerprint density at radius 3 is 2.32 bits per heavy atom. The number of nitrogens with zero attached hydrogens (tertiary/aromatic N) is 2. The third kappa shape index (κ3) is 5.51. The zero-order chi connectivity index (χ0) is 21.5. The normalized spacial score (nSPS) is 10.5. The van der Waals surface area contributed by atoms with Gasteiger partial charge >= 0.3 is 0 Å². The van der Waals surface area contributed by atoms with Crippen LogP contribution in [0.3, 0.4) is 0 Å². The average Bonchev–Trinajstić information content (AvgIpc) is 3.25. The Morgan fingerprint density at radius 2 is 1.61 bits per heavy atom. The van der Waals surface area contributed by atoms with E-state index in [4.69, 9.17) is 9.47 Å². The highest BCUT2D eigenvalue weighted by Gasteiger charge is 2.08. The molecule has 6 heteroatoms. The summed E-state index contributed by atoms with van der Waals surface area (Å²) in [5, 5.41) is 7.20. The molecule has 156 valence electrons. The first kappa shape index (κ1) is 20.2. The lowest BCUT2D eigenvalue weighted by atomic mass is 10.1. The van der Waals surface area contributed by atoms with Gasteiger partial charge in [0.05, 0.1) is 25.5 Å². The van der Waals surface area contributed by atoms with Gasteiger partial charge in [-0.25, -0.2) is 0 Å². The summed E-state index contributed by atoms with van der Waals surface area (Å²) in [5.41, 5.74) is 3.36. The summed E-state index contributed by atoms with van der Waals surface area (Å²) in [5.74, 6) is 1.37. The number of hydrogen-bond acceptors (Lipinski definition) is 4. The molecule has 1 N–H and O–H groups in total. The zero-order valence-electron chi connectivity index (χ0n) is 17.2. The molecule has 4 rings (SSSR count). The second kappa shape index (κ2) is 9.63. The smallest absolute Gasteiger partial charge is 0.255 e. The molecule has 0 atom stereocenters. The number of hydrogen-bond donors (Lipinski definition) is 1. The lowest BCUT2D eigenvalue weighted by molar-refractivity contribution is 0.102. The first-order valence-electron chi connectivity index (χ1n) is 9.93. The van der Waals surface area contributed by atoms with Crippen LogP contribution in [0.5, 0.6) is 11.5 Å². The van der Waals surface area contributed by atoms with E-state index >= 15 is 0 Å². The molecule has 0 radical (unpaired) electrons. The Kier molecular flexibility index (Phi) is 6.28. The van der Waals surface area contributed by atoms with Gasteiger partial charge in [0.1, 0.15) is 18.1 Å². The minimum atomic E-state index is -0.179. The highest BCUT2D eigenvalue weighted by Crippen LogP contribution is 2.18. The molecular weight excluding hydrogens is 390 g/mol. The average molecular weight is 413 g/mol. The number of anilines is 1. The topological polar surface area (TPSA) is 65.4 Å². The van der Waals surface area contributed by atoms with Gasteiger partial charge < -0.3 is 14.8 Å². The number of ether oxygens (including phenoxy) is 2. The highest BCUT2D eigenvalue weighted by molar-refractivity contribution is 6.04. The molecule has 31 heavy (non-hydrogen) atoms. The molecular formula is C25H23N3O3. The Bertz CT molecular complexity index is 1120. The highest BCUT2D eigenvalue weighted by atomic mass is 16.5. The van der Waals surface area contributed by atoms with Crippen LogP contribution in [-0.2, 0) is 13.2 Å². The van der Waals surface area contributed by atoms with Gasteiger partial charge in [-0.05, 0) is 47.5 Å². The molecule has 0 aliphatic carbocycles. The van der Waals surface area contributed by atoms with Crippen LogP contribution < -0.4 is 14.8 Å². The largest absolute Gasteiger partial charge is 0.497 e.